The number of carboxylic acid groups (broad SMARTS) is 1. The first-order valence-corrected chi connectivity index (χ1v) is 7.84. The molecule has 21 heavy (non-hydrogen) atoms. The molecular formula is C13H14N2O5S. The summed E-state index contributed by atoms with van der Waals surface area (Å²) in [6.45, 7) is -0.242. The average Bonchev–Trinajstić information content (AvgIpc) is 2.82. The zero-order chi connectivity index (χ0) is 15.6. The highest BCUT2D eigenvalue weighted by Gasteiger charge is 2.42. The Bertz CT molecular complexity index is 695. The van der Waals surface area contributed by atoms with Gasteiger partial charge >= 0.3 is 5.97 Å². The van der Waals surface area contributed by atoms with Crippen molar-refractivity contribution in [1.82, 2.24) is 4.31 Å². The van der Waals surface area contributed by atoms with Gasteiger partial charge in [0.1, 0.15) is 6.04 Å². The molecule has 1 aromatic carbocycles. The monoisotopic (exact) mass is 310 g/mol. The van der Waals surface area contributed by atoms with Crippen molar-refractivity contribution in [2.45, 2.75) is 24.3 Å². The first-order chi connectivity index (χ1) is 9.85. The molecule has 1 aromatic rings. The lowest BCUT2D eigenvalue weighted by molar-refractivity contribution is -0.140. The second-order valence-electron chi connectivity index (χ2n) is 4.84. The van der Waals surface area contributed by atoms with Gasteiger partial charge in [0.05, 0.1) is 23.5 Å². The van der Waals surface area contributed by atoms with E-state index in [2.05, 4.69) is 0 Å². The van der Waals surface area contributed by atoms with E-state index >= 15 is 0 Å². The number of nitriles is 1. The van der Waals surface area contributed by atoms with Crippen LogP contribution in [0.5, 0.6) is 0 Å². The largest absolute Gasteiger partial charge is 0.480 e. The van der Waals surface area contributed by atoms with Crippen molar-refractivity contribution in [3.05, 3.63) is 35.4 Å². The molecule has 7 nitrogen and oxygen atoms in total. The number of carboxylic acids is 1. The van der Waals surface area contributed by atoms with E-state index in [9.17, 15) is 18.3 Å². The Hall–Kier alpha value is -1.95. The van der Waals surface area contributed by atoms with Crippen LogP contribution < -0.4 is 0 Å². The Morgan fingerprint density at radius 2 is 2.10 bits per heavy atom. The summed E-state index contributed by atoms with van der Waals surface area (Å²) in [5.74, 6) is -1.75. The number of aliphatic hydroxyl groups is 1. The van der Waals surface area contributed by atoms with E-state index in [-0.39, 0.29) is 18.5 Å². The van der Waals surface area contributed by atoms with Gasteiger partial charge in [-0.15, -0.1) is 0 Å². The maximum Gasteiger partial charge on any atom is 0.322 e. The van der Waals surface area contributed by atoms with Crippen LogP contribution in [0.15, 0.2) is 24.3 Å². The number of nitrogens with zero attached hydrogens (tertiary/aromatic N) is 2. The van der Waals surface area contributed by atoms with Gasteiger partial charge in [-0.1, -0.05) is 18.2 Å². The topological polar surface area (TPSA) is 119 Å². The van der Waals surface area contributed by atoms with Gasteiger partial charge in [-0.05, 0) is 11.6 Å². The Labute approximate surface area is 122 Å². The molecule has 0 radical (unpaired) electrons. The highest BCUT2D eigenvalue weighted by Crippen LogP contribution is 2.25. The fourth-order valence-electron chi connectivity index (χ4n) is 2.35. The second kappa shape index (κ2) is 5.81. The highest BCUT2D eigenvalue weighted by molar-refractivity contribution is 7.88. The molecule has 8 heteroatoms. The number of sulfonamides is 1. The minimum absolute atomic E-state index is 0.130. The van der Waals surface area contributed by atoms with Gasteiger partial charge in [0.25, 0.3) is 0 Å². The van der Waals surface area contributed by atoms with Crippen molar-refractivity contribution in [2.75, 3.05) is 6.54 Å². The minimum Gasteiger partial charge on any atom is -0.480 e. The van der Waals surface area contributed by atoms with Crippen LogP contribution in [0.4, 0.5) is 0 Å². The van der Waals surface area contributed by atoms with Crippen molar-refractivity contribution < 1.29 is 23.4 Å². The van der Waals surface area contributed by atoms with Crippen LogP contribution >= 0.6 is 0 Å². The van der Waals surface area contributed by atoms with Crippen LogP contribution in [0.3, 0.4) is 0 Å². The maximum atomic E-state index is 12.4. The summed E-state index contributed by atoms with van der Waals surface area (Å²) in [5.41, 5.74) is 0.540. The van der Waals surface area contributed by atoms with E-state index < -0.39 is 33.9 Å². The number of carbonyl (C=O) groups is 1. The smallest absolute Gasteiger partial charge is 0.322 e. The van der Waals surface area contributed by atoms with E-state index in [1.165, 1.54) is 12.1 Å². The van der Waals surface area contributed by atoms with Crippen LogP contribution in [-0.2, 0) is 20.6 Å². The molecule has 2 unspecified atom stereocenters. The lowest BCUT2D eigenvalue weighted by Gasteiger charge is -2.20. The number of aliphatic carboxylic acids is 1. The van der Waals surface area contributed by atoms with Crippen LogP contribution in [0.25, 0.3) is 0 Å². The van der Waals surface area contributed by atoms with Gasteiger partial charge in [0, 0.05) is 13.0 Å². The van der Waals surface area contributed by atoms with Crippen molar-refractivity contribution in [2.24, 2.45) is 0 Å². The fraction of sp³-hybridized carbons (Fsp3) is 0.385. The summed E-state index contributed by atoms with van der Waals surface area (Å²) >= 11 is 0. The number of rotatable bonds is 4. The van der Waals surface area contributed by atoms with E-state index in [1.54, 1.807) is 12.1 Å². The van der Waals surface area contributed by atoms with Crippen molar-refractivity contribution in [3.63, 3.8) is 0 Å². The molecule has 1 aliphatic heterocycles. The van der Waals surface area contributed by atoms with E-state index in [1.807, 2.05) is 6.07 Å². The van der Waals surface area contributed by atoms with Gasteiger partial charge in [0.2, 0.25) is 10.0 Å². The molecule has 0 bridgehead atoms. The second-order valence-corrected chi connectivity index (χ2v) is 6.76. The molecule has 1 aliphatic rings. The van der Waals surface area contributed by atoms with Crippen LogP contribution in [0.1, 0.15) is 17.5 Å². The normalized spacial score (nSPS) is 22.9. The Balaban J connectivity index is 2.30. The molecule has 2 atom stereocenters. The maximum absolute atomic E-state index is 12.4. The lowest BCUT2D eigenvalue weighted by atomic mass is 10.1. The molecule has 0 aliphatic carbocycles. The molecule has 2 rings (SSSR count). The summed E-state index contributed by atoms with van der Waals surface area (Å²) in [4.78, 5) is 11.1. The van der Waals surface area contributed by atoms with Crippen LogP contribution in [0.2, 0.25) is 0 Å². The molecular weight excluding hydrogens is 296 g/mol. The summed E-state index contributed by atoms with van der Waals surface area (Å²) in [6.07, 6.45) is -1.12. The van der Waals surface area contributed by atoms with Gasteiger partial charge in [-0.25, -0.2) is 8.42 Å². The van der Waals surface area contributed by atoms with Gasteiger partial charge in [-0.3, -0.25) is 4.79 Å². The van der Waals surface area contributed by atoms with Crippen molar-refractivity contribution in [1.29, 1.82) is 5.26 Å². The molecule has 0 aromatic heterocycles. The van der Waals surface area contributed by atoms with Crippen molar-refractivity contribution in [3.8, 4) is 6.07 Å². The SMILES string of the molecule is N#Cc1ccccc1CS(=O)(=O)N1CC(O)CC1C(=O)O. The predicted molar refractivity (Wildman–Crippen MR) is 72.5 cm³/mol. The Kier molecular flexibility index (Phi) is 4.27. The summed E-state index contributed by atoms with van der Waals surface area (Å²) in [7, 11) is -3.93. The third-order valence-corrected chi connectivity index (χ3v) is 5.15. The van der Waals surface area contributed by atoms with Gasteiger partial charge < -0.3 is 10.2 Å². The molecule has 0 saturated carbocycles. The molecule has 112 valence electrons. The third-order valence-electron chi connectivity index (χ3n) is 3.35. The Morgan fingerprint density at radius 3 is 2.71 bits per heavy atom. The van der Waals surface area contributed by atoms with Crippen LogP contribution in [0, 0.1) is 11.3 Å². The zero-order valence-corrected chi connectivity index (χ0v) is 11.8. The minimum atomic E-state index is -3.93. The molecule has 1 fully saturated rings. The first-order valence-electron chi connectivity index (χ1n) is 6.23. The standard InChI is InChI=1S/C13H14N2O5S/c14-6-9-3-1-2-4-10(9)8-21(19,20)15-7-11(16)5-12(15)13(17)18/h1-4,11-12,16H,5,7-8H2,(H,17,18). The number of hydrogen-bond acceptors (Lipinski definition) is 5. The third kappa shape index (κ3) is 3.21. The summed E-state index contributed by atoms with van der Waals surface area (Å²) < 4.78 is 25.5. The van der Waals surface area contributed by atoms with Gasteiger partial charge in [-0.2, -0.15) is 9.57 Å². The summed E-state index contributed by atoms with van der Waals surface area (Å²) in [5, 5.41) is 27.6. The van der Waals surface area contributed by atoms with Crippen LogP contribution in [-0.4, -0.2) is 47.6 Å². The van der Waals surface area contributed by atoms with Crippen molar-refractivity contribution >= 4 is 16.0 Å². The fourth-order valence-corrected chi connectivity index (χ4v) is 4.12. The zero-order valence-electron chi connectivity index (χ0n) is 11.0. The lowest BCUT2D eigenvalue weighted by Crippen LogP contribution is -2.41. The quantitative estimate of drug-likeness (QED) is 0.802. The van der Waals surface area contributed by atoms with Gasteiger partial charge in [0.15, 0.2) is 0 Å². The molecule has 1 saturated heterocycles. The number of hydrogen-bond donors (Lipinski definition) is 2. The van der Waals surface area contributed by atoms with E-state index in [4.69, 9.17) is 10.4 Å². The first kappa shape index (κ1) is 15.4. The number of β-amino-alcohol motifs (C(OH)–C–C–N with tert-alkyl or cyclic N) is 1. The molecule has 0 amide bonds. The van der Waals surface area contributed by atoms with E-state index in [0.29, 0.717) is 5.56 Å². The molecule has 0 spiro atoms. The highest BCUT2D eigenvalue weighted by atomic mass is 32.2. The predicted octanol–water partition coefficient (Wildman–Crippen LogP) is -0.0921. The number of benzene rings is 1. The molecule has 1 heterocycles. The molecule has 2 N–H and O–H groups in total. The number of aliphatic hydroxyl groups excluding tert-OH is 1. The Morgan fingerprint density at radius 1 is 1.43 bits per heavy atom. The average molecular weight is 310 g/mol. The summed E-state index contributed by atoms with van der Waals surface area (Å²) in [6, 6.07) is 6.88. The van der Waals surface area contributed by atoms with E-state index in [0.717, 1.165) is 4.31 Å².